The number of benzene rings is 2. The topological polar surface area (TPSA) is 97.7 Å². The quantitative estimate of drug-likeness (QED) is 0.286. The molecule has 1 N–H and O–H groups in total. The van der Waals surface area contributed by atoms with Gasteiger partial charge in [-0.2, -0.15) is 0 Å². The highest BCUT2D eigenvalue weighted by Crippen LogP contribution is 2.42. The van der Waals surface area contributed by atoms with Crippen LogP contribution >= 0.6 is 38.6 Å². The molecule has 7 nitrogen and oxygen atoms in total. The third-order valence-electron chi connectivity index (χ3n) is 6.25. The number of nitro benzene ring substituents is 1. The number of rotatable bonds is 3. The molecule has 1 unspecified atom stereocenters. The van der Waals surface area contributed by atoms with E-state index in [0.29, 0.717) is 14.9 Å². The molecule has 174 valence electrons. The number of halogens is 1. The van der Waals surface area contributed by atoms with Crippen molar-refractivity contribution >= 4 is 56.1 Å². The van der Waals surface area contributed by atoms with Gasteiger partial charge in [0.05, 0.1) is 25.7 Å². The normalized spacial score (nSPS) is 16.9. The molecule has 0 fully saturated rings. The average Bonchev–Trinajstić information content (AvgIpc) is 3.48. The molecule has 1 atom stereocenters. The number of thiazole rings is 1. The van der Waals surface area contributed by atoms with Crippen LogP contribution in [0, 0.1) is 10.1 Å². The number of thiophene rings is 1. The maximum absolute atomic E-state index is 13.7. The maximum Gasteiger partial charge on any atom is 0.312 e. The van der Waals surface area contributed by atoms with Crippen LogP contribution in [-0.4, -0.2) is 14.6 Å². The van der Waals surface area contributed by atoms with Crippen molar-refractivity contribution in [2.45, 2.75) is 18.9 Å². The molecule has 0 saturated heterocycles. The number of phenolic OH excluding ortho intramolecular Hbond substituents is 1. The third-order valence-corrected chi connectivity index (χ3v) is 8.76. The van der Waals surface area contributed by atoms with Crippen LogP contribution in [0.5, 0.6) is 5.75 Å². The minimum Gasteiger partial charge on any atom is -0.501 e. The van der Waals surface area contributed by atoms with Crippen LogP contribution in [0.1, 0.15) is 34.0 Å². The fourth-order valence-electron chi connectivity index (χ4n) is 4.70. The van der Waals surface area contributed by atoms with Gasteiger partial charge in [-0.05, 0) is 69.1 Å². The Labute approximate surface area is 214 Å². The first kappa shape index (κ1) is 22.1. The lowest BCUT2D eigenvalue weighted by atomic mass is 9.85. The van der Waals surface area contributed by atoms with Gasteiger partial charge < -0.3 is 5.11 Å². The van der Waals surface area contributed by atoms with E-state index in [0.717, 1.165) is 34.6 Å². The number of fused-ring (bicyclic) bond motifs is 3. The van der Waals surface area contributed by atoms with Crippen molar-refractivity contribution in [1.82, 2.24) is 4.57 Å². The van der Waals surface area contributed by atoms with Crippen molar-refractivity contribution in [2.24, 2.45) is 4.99 Å². The van der Waals surface area contributed by atoms with Crippen LogP contribution in [0.3, 0.4) is 0 Å². The first-order valence-corrected chi connectivity index (χ1v) is 13.2. The molecule has 0 bridgehead atoms. The van der Waals surface area contributed by atoms with Gasteiger partial charge in [-0.15, -0.1) is 11.3 Å². The number of hydrogen-bond acceptors (Lipinski definition) is 7. The summed E-state index contributed by atoms with van der Waals surface area (Å²) in [5, 5.41) is 23.4. The van der Waals surface area contributed by atoms with Gasteiger partial charge in [0.25, 0.3) is 5.56 Å². The van der Waals surface area contributed by atoms with Gasteiger partial charge in [0, 0.05) is 16.5 Å². The zero-order valence-electron chi connectivity index (χ0n) is 18.0. The third kappa shape index (κ3) is 3.60. The second-order valence-electron chi connectivity index (χ2n) is 8.26. The molecule has 2 aromatic heterocycles. The van der Waals surface area contributed by atoms with E-state index in [1.165, 1.54) is 23.0 Å². The molecule has 0 radical (unpaired) electrons. The van der Waals surface area contributed by atoms with Crippen LogP contribution in [0.25, 0.3) is 11.8 Å². The van der Waals surface area contributed by atoms with Gasteiger partial charge in [0.1, 0.15) is 0 Å². The molecule has 2 aromatic carbocycles. The van der Waals surface area contributed by atoms with Crippen molar-refractivity contribution in [3.63, 3.8) is 0 Å². The Morgan fingerprint density at radius 1 is 1.20 bits per heavy atom. The van der Waals surface area contributed by atoms with E-state index in [1.54, 1.807) is 28.0 Å². The van der Waals surface area contributed by atoms with Gasteiger partial charge in [0.15, 0.2) is 4.80 Å². The number of allylic oxidation sites excluding steroid dienone is 1. The summed E-state index contributed by atoms with van der Waals surface area (Å²) in [6.07, 6.45) is 3.32. The summed E-state index contributed by atoms with van der Waals surface area (Å²) < 4.78 is 2.36. The van der Waals surface area contributed by atoms with Crippen LogP contribution in [0.2, 0.25) is 0 Å². The van der Waals surface area contributed by atoms with Gasteiger partial charge in [-0.3, -0.25) is 19.5 Å². The second-order valence-corrected chi connectivity index (χ2v) is 11.1. The van der Waals surface area contributed by atoms with Gasteiger partial charge in [-0.1, -0.05) is 41.7 Å². The molecule has 0 amide bonds. The van der Waals surface area contributed by atoms with E-state index in [2.05, 4.69) is 28.1 Å². The second kappa shape index (κ2) is 8.40. The van der Waals surface area contributed by atoms with Gasteiger partial charge >= 0.3 is 5.69 Å². The molecule has 0 saturated carbocycles. The summed E-state index contributed by atoms with van der Waals surface area (Å²) >= 11 is 6.04. The fraction of sp³-hybridized carbons (Fsp3) is 0.120. The number of nitrogens with zero attached hydrogens (tertiary/aromatic N) is 3. The average molecular weight is 566 g/mol. The number of hydrogen-bond donors (Lipinski definition) is 1. The Kier molecular flexibility index (Phi) is 5.32. The monoisotopic (exact) mass is 565 g/mol. The van der Waals surface area contributed by atoms with E-state index >= 15 is 0 Å². The van der Waals surface area contributed by atoms with E-state index in [9.17, 15) is 20.0 Å². The van der Waals surface area contributed by atoms with E-state index in [4.69, 9.17) is 4.99 Å². The Hall–Kier alpha value is -3.34. The van der Waals surface area contributed by atoms with E-state index in [1.807, 2.05) is 29.6 Å². The predicted octanol–water partition coefficient (Wildman–Crippen LogP) is 4.76. The van der Waals surface area contributed by atoms with Crippen LogP contribution in [-0.2, 0) is 6.42 Å². The Balaban J connectivity index is 1.60. The van der Waals surface area contributed by atoms with Crippen molar-refractivity contribution in [2.75, 3.05) is 0 Å². The molecule has 1 aliphatic heterocycles. The molecule has 10 heteroatoms. The van der Waals surface area contributed by atoms with Crippen LogP contribution in [0.15, 0.2) is 73.7 Å². The van der Waals surface area contributed by atoms with Gasteiger partial charge in [-0.25, -0.2) is 4.99 Å². The molecule has 35 heavy (non-hydrogen) atoms. The summed E-state index contributed by atoms with van der Waals surface area (Å²) in [5.74, 6) is -0.447. The summed E-state index contributed by atoms with van der Waals surface area (Å²) in [7, 11) is 0. The standard InChI is InChI=1S/C25H16BrN3O4S2/c26-17-10-13(11-18(23(17)30)29(32)33)12-20-24(31)28-22(19-6-3-9-34-19)16-8-7-14-4-1-2-5-15(14)21(16)27-25(28)35-20/h1-6,9-12,22,30H,7-8H2. The van der Waals surface area contributed by atoms with Crippen molar-refractivity contribution in [3.05, 3.63) is 115 Å². The number of aryl methyl sites for hydroxylation is 1. The molecule has 6 rings (SSSR count). The largest absolute Gasteiger partial charge is 0.501 e. The molecular formula is C25H16BrN3O4S2. The van der Waals surface area contributed by atoms with Crippen molar-refractivity contribution in [1.29, 1.82) is 0 Å². The first-order valence-electron chi connectivity index (χ1n) is 10.8. The lowest BCUT2D eigenvalue weighted by Gasteiger charge is -2.30. The molecule has 1 aliphatic carbocycles. The number of aromatic hydroxyl groups is 1. The minimum atomic E-state index is -0.651. The highest BCUT2D eigenvalue weighted by molar-refractivity contribution is 9.10. The number of aromatic nitrogens is 1. The SMILES string of the molecule is O=c1c(=Cc2cc(Br)c(O)c([N+](=O)[O-])c2)sc2n1C(c1cccs1)C1=C(N=2)c2ccccc2CC1. The molecular weight excluding hydrogens is 550 g/mol. The lowest BCUT2D eigenvalue weighted by molar-refractivity contribution is -0.386. The summed E-state index contributed by atoms with van der Waals surface area (Å²) in [4.78, 5) is 31.0. The van der Waals surface area contributed by atoms with E-state index in [-0.39, 0.29) is 16.1 Å². The fourth-order valence-corrected chi connectivity index (χ4v) is 7.01. The Morgan fingerprint density at radius 3 is 2.80 bits per heavy atom. The lowest BCUT2D eigenvalue weighted by Crippen LogP contribution is -2.38. The van der Waals surface area contributed by atoms with Crippen LogP contribution < -0.4 is 14.9 Å². The summed E-state index contributed by atoms with van der Waals surface area (Å²) in [5.41, 5.74) is 4.24. The van der Waals surface area contributed by atoms with Crippen LogP contribution in [0.4, 0.5) is 5.69 Å². The number of phenols is 1. The highest BCUT2D eigenvalue weighted by Gasteiger charge is 2.33. The first-order chi connectivity index (χ1) is 16.9. The van der Waals surface area contributed by atoms with E-state index < -0.39 is 16.4 Å². The van der Waals surface area contributed by atoms with Crippen molar-refractivity contribution < 1.29 is 10.0 Å². The predicted molar refractivity (Wildman–Crippen MR) is 140 cm³/mol. The summed E-state index contributed by atoms with van der Waals surface area (Å²) in [6.45, 7) is 0. The van der Waals surface area contributed by atoms with Crippen molar-refractivity contribution in [3.8, 4) is 5.75 Å². The number of nitro groups is 1. The van der Waals surface area contributed by atoms with Gasteiger partial charge in [0.2, 0.25) is 5.75 Å². The zero-order chi connectivity index (χ0) is 24.3. The maximum atomic E-state index is 13.7. The Morgan fingerprint density at radius 2 is 2.03 bits per heavy atom. The summed E-state index contributed by atoms with van der Waals surface area (Å²) in [6, 6.07) is 14.9. The zero-order valence-corrected chi connectivity index (χ0v) is 21.2. The smallest absolute Gasteiger partial charge is 0.312 e. The minimum absolute atomic E-state index is 0.189. The molecule has 4 aromatic rings. The molecule has 3 heterocycles. The molecule has 2 aliphatic rings. The Bertz CT molecular complexity index is 1740. The highest BCUT2D eigenvalue weighted by atomic mass is 79.9. The molecule has 0 spiro atoms.